The highest BCUT2D eigenvalue weighted by molar-refractivity contribution is 6.34. The van der Waals surface area contributed by atoms with Crippen LogP contribution < -0.4 is 22.1 Å². The van der Waals surface area contributed by atoms with Gasteiger partial charge in [-0.05, 0) is 37.1 Å². The molecule has 1 heterocycles. The molecule has 2 atom stereocenters. The molecule has 156 valence electrons. The first-order valence-electron chi connectivity index (χ1n) is 10.8. The van der Waals surface area contributed by atoms with Gasteiger partial charge in [0.25, 0.3) is 5.56 Å². The molecule has 1 aromatic carbocycles. The van der Waals surface area contributed by atoms with Crippen LogP contribution in [0.5, 0.6) is 0 Å². The molecule has 1 aliphatic carbocycles. The number of nitrogen functional groups attached to an aromatic ring is 1. The Bertz CT molecular complexity index is 1060. The Labute approximate surface area is 180 Å². The summed E-state index contributed by atoms with van der Waals surface area (Å²) >= 11 is 0. The van der Waals surface area contributed by atoms with Crippen molar-refractivity contribution >= 4 is 38.5 Å². The molecule has 0 radical (unpaired) electrons. The summed E-state index contributed by atoms with van der Waals surface area (Å²) in [5.41, 5.74) is 10.6. The molecule has 0 saturated heterocycles. The van der Waals surface area contributed by atoms with E-state index >= 15 is 0 Å². The van der Waals surface area contributed by atoms with Crippen LogP contribution in [0, 0.1) is 0 Å². The van der Waals surface area contributed by atoms with Crippen LogP contribution in [-0.2, 0) is 10.3 Å². The standard InChI is InChI=1S/C23H31B2N3O2/c1-13(2)16-6-5-7-17(22(16)25)14(3)27-20(12-29)18-11-28(21(30)10-19(18)26)23(8-9-23)15(4)24/h5-7,10-11,13-15,27H,8-9,24-26H2,1-4H3/t14-,15?/m1/s1. The first-order chi connectivity index (χ1) is 14.1. The fourth-order valence-corrected chi connectivity index (χ4v) is 4.55. The van der Waals surface area contributed by atoms with Crippen molar-refractivity contribution in [2.45, 2.75) is 63.9 Å². The van der Waals surface area contributed by atoms with Crippen LogP contribution in [0.25, 0.3) is 5.70 Å². The van der Waals surface area contributed by atoms with E-state index in [0.29, 0.717) is 23.0 Å². The molecule has 2 aromatic rings. The smallest absolute Gasteiger partial charge is 0.253 e. The first kappa shape index (κ1) is 22.0. The summed E-state index contributed by atoms with van der Waals surface area (Å²) in [6.45, 7) is 8.49. The van der Waals surface area contributed by atoms with Crippen molar-refractivity contribution in [2.24, 2.45) is 0 Å². The summed E-state index contributed by atoms with van der Waals surface area (Å²) in [5.74, 6) is 2.77. The summed E-state index contributed by atoms with van der Waals surface area (Å²) in [6, 6.07) is 7.57. The molecule has 1 aliphatic rings. The molecule has 0 aliphatic heterocycles. The topological polar surface area (TPSA) is 77.1 Å². The highest BCUT2D eigenvalue weighted by atomic mass is 16.1. The summed E-state index contributed by atoms with van der Waals surface area (Å²) in [5, 5.41) is 3.29. The number of aromatic nitrogens is 1. The van der Waals surface area contributed by atoms with Crippen LogP contribution in [0.1, 0.15) is 69.2 Å². The molecule has 5 nitrogen and oxygen atoms in total. The maximum Gasteiger partial charge on any atom is 0.253 e. The van der Waals surface area contributed by atoms with Crippen molar-refractivity contribution < 1.29 is 4.79 Å². The van der Waals surface area contributed by atoms with E-state index in [1.165, 1.54) is 17.1 Å². The maximum atomic E-state index is 12.6. The van der Waals surface area contributed by atoms with Gasteiger partial charge in [-0.15, -0.1) is 0 Å². The zero-order valence-corrected chi connectivity index (χ0v) is 18.9. The molecular weight excluding hydrogens is 372 g/mol. The highest BCUT2D eigenvalue weighted by Crippen LogP contribution is 2.50. The minimum Gasteiger partial charge on any atom is -0.398 e. The molecule has 30 heavy (non-hydrogen) atoms. The molecule has 7 heteroatoms. The lowest BCUT2D eigenvalue weighted by atomic mass is 9.80. The number of rotatable bonds is 7. The van der Waals surface area contributed by atoms with E-state index in [4.69, 9.17) is 5.73 Å². The van der Waals surface area contributed by atoms with E-state index in [9.17, 15) is 9.59 Å². The van der Waals surface area contributed by atoms with E-state index in [1.807, 2.05) is 18.9 Å². The lowest BCUT2D eigenvalue weighted by Crippen LogP contribution is -2.34. The van der Waals surface area contributed by atoms with E-state index in [1.54, 1.807) is 10.8 Å². The number of nitrogens with zero attached hydrogens (tertiary/aromatic N) is 1. The lowest BCUT2D eigenvalue weighted by molar-refractivity contribution is 0.450. The molecule has 3 N–H and O–H groups in total. The number of pyridine rings is 1. The summed E-state index contributed by atoms with van der Waals surface area (Å²) < 4.78 is 1.76. The van der Waals surface area contributed by atoms with Crippen molar-refractivity contribution in [1.82, 2.24) is 9.88 Å². The van der Waals surface area contributed by atoms with Gasteiger partial charge in [0.2, 0.25) is 0 Å². The summed E-state index contributed by atoms with van der Waals surface area (Å²) in [6.07, 6.45) is 3.65. The van der Waals surface area contributed by atoms with Gasteiger partial charge >= 0.3 is 0 Å². The van der Waals surface area contributed by atoms with Crippen LogP contribution in [0.15, 0.2) is 35.3 Å². The van der Waals surface area contributed by atoms with Gasteiger partial charge in [-0.3, -0.25) is 4.79 Å². The third-order valence-corrected chi connectivity index (χ3v) is 6.64. The first-order valence-corrected chi connectivity index (χ1v) is 10.8. The zero-order valence-electron chi connectivity index (χ0n) is 18.9. The van der Waals surface area contributed by atoms with Crippen molar-refractivity contribution in [3.63, 3.8) is 0 Å². The highest BCUT2D eigenvalue weighted by Gasteiger charge is 2.47. The van der Waals surface area contributed by atoms with Crippen LogP contribution in [0.4, 0.5) is 5.69 Å². The Hall–Kier alpha value is -2.65. The third kappa shape index (κ3) is 3.87. The largest absolute Gasteiger partial charge is 0.398 e. The van der Waals surface area contributed by atoms with Crippen LogP contribution >= 0.6 is 0 Å². The molecule has 0 bridgehead atoms. The fraction of sp³-hybridized carbons (Fsp3) is 0.435. The normalized spacial score (nSPS) is 16.6. The number of benzene rings is 1. The number of hydrogen-bond donors (Lipinski definition) is 2. The molecule has 1 fully saturated rings. The van der Waals surface area contributed by atoms with Crippen molar-refractivity contribution in [3.05, 3.63) is 57.5 Å². The molecule has 1 saturated carbocycles. The van der Waals surface area contributed by atoms with Gasteiger partial charge in [-0.2, -0.15) is 0 Å². The SMILES string of the molecule is Bc1c(C(C)C)cccc1[C@@H](C)NC(=C=O)c1cn(C2(C(B)C)CC2)c(=O)cc1N. The number of anilines is 1. The van der Waals surface area contributed by atoms with Gasteiger partial charge in [0.05, 0.1) is 0 Å². The molecule has 1 aromatic heterocycles. The van der Waals surface area contributed by atoms with Gasteiger partial charge in [0.15, 0.2) is 5.94 Å². The van der Waals surface area contributed by atoms with Gasteiger partial charge in [0, 0.05) is 35.1 Å². The van der Waals surface area contributed by atoms with Crippen molar-refractivity contribution in [3.8, 4) is 0 Å². The van der Waals surface area contributed by atoms with Crippen molar-refractivity contribution in [1.29, 1.82) is 0 Å². The Balaban J connectivity index is 1.97. The summed E-state index contributed by atoms with van der Waals surface area (Å²) in [4.78, 5) is 24.6. The number of carbonyl (C=O) groups excluding carboxylic acids is 1. The average Bonchev–Trinajstić information content (AvgIpc) is 3.48. The molecule has 1 unspecified atom stereocenters. The molecule has 3 rings (SSSR count). The summed E-state index contributed by atoms with van der Waals surface area (Å²) in [7, 11) is 4.23. The predicted molar refractivity (Wildman–Crippen MR) is 130 cm³/mol. The minimum absolute atomic E-state index is 0.111. The molecule has 0 spiro atoms. The van der Waals surface area contributed by atoms with E-state index in [-0.39, 0.29) is 22.8 Å². The zero-order chi connectivity index (χ0) is 22.2. The van der Waals surface area contributed by atoms with Crippen LogP contribution in [0.2, 0.25) is 5.82 Å². The monoisotopic (exact) mass is 403 g/mol. The average molecular weight is 403 g/mol. The minimum atomic E-state index is -0.179. The second-order valence-corrected chi connectivity index (χ2v) is 9.17. The third-order valence-electron chi connectivity index (χ3n) is 6.64. The second kappa shape index (κ2) is 8.23. The van der Waals surface area contributed by atoms with Gasteiger partial charge < -0.3 is 15.6 Å². The van der Waals surface area contributed by atoms with Gasteiger partial charge in [-0.1, -0.05) is 50.0 Å². The van der Waals surface area contributed by atoms with E-state index < -0.39 is 0 Å². The Morgan fingerprint density at radius 3 is 2.40 bits per heavy atom. The maximum absolute atomic E-state index is 12.6. The number of nitrogens with two attached hydrogens (primary N) is 1. The number of hydrogen-bond acceptors (Lipinski definition) is 4. The fourth-order valence-electron chi connectivity index (χ4n) is 4.55. The lowest BCUT2D eigenvalue weighted by Gasteiger charge is -2.25. The quantitative estimate of drug-likeness (QED) is 0.540. The van der Waals surface area contributed by atoms with Crippen molar-refractivity contribution in [2.75, 3.05) is 5.73 Å². The molecule has 0 amide bonds. The number of nitrogens with one attached hydrogen (secondary N) is 1. The van der Waals surface area contributed by atoms with Gasteiger partial charge in [0.1, 0.15) is 21.4 Å². The Kier molecular flexibility index (Phi) is 6.05. The van der Waals surface area contributed by atoms with E-state index in [0.717, 1.165) is 18.4 Å². The van der Waals surface area contributed by atoms with Gasteiger partial charge in [-0.25, -0.2) is 4.79 Å². The second-order valence-electron chi connectivity index (χ2n) is 9.17. The Morgan fingerprint density at radius 1 is 1.23 bits per heavy atom. The van der Waals surface area contributed by atoms with Crippen LogP contribution in [-0.4, -0.2) is 26.2 Å². The van der Waals surface area contributed by atoms with E-state index in [2.05, 4.69) is 53.9 Å². The Morgan fingerprint density at radius 2 is 1.87 bits per heavy atom. The molecular formula is C23H31B2N3O2. The predicted octanol–water partition coefficient (Wildman–Crippen LogP) is 1.27. The van der Waals surface area contributed by atoms with Crippen LogP contribution in [0.3, 0.4) is 0 Å².